The van der Waals surface area contributed by atoms with Crippen molar-refractivity contribution >= 4 is 74.1 Å². The maximum absolute atomic E-state index is 15.0. The van der Waals surface area contributed by atoms with E-state index in [0.717, 1.165) is 31.0 Å². The van der Waals surface area contributed by atoms with Gasteiger partial charge in [-0.3, -0.25) is 28.8 Å². The van der Waals surface area contributed by atoms with Crippen molar-refractivity contribution in [3.8, 4) is 16.3 Å². The van der Waals surface area contributed by atoms with Crippen LogP contribution >= 0.6 is 22.9 Å². The molecule has 6 atom stereocenters. The van der Waals surface area contributed by atoms with Crippen LogP contribution in [-0.4, -0.2) is 49.6 Å². The van der Waals surface area contributed by atoms with Crippen molar-refractivity contribution in [3.05, 3.63) is 106 Å². The molecule has 13 heteroatoms. The molecule has 9 rings (SSSR count). The number of aryl methyl sites for hydroxylation is 2. The highest BCUT2D eigenvalue weighted by Gasteiger charge is 2.68. The lowest BCUT2D eigenvalue weighted by molar-refractivity contribution is -0.131. The van der Waals surface area contributed by atoms with E-state index in [4.69, 9.17) is 16.7 Å². The number of carbonyl (C=O) groups excluding carboxylic acids is 4. The third-order valence-electron chi connectivity index (χ3n) is 12.1. The van der Waals surface area contributed by atoms with E-state index in [1.165, 1.54) is 35.2 Å². The van der Waals surface area contributed by atoms with Gasteiger partial charge in [0.05, 0.1) is 39.3 Å². The second-order valence-corrected chi connectivity index (χ2v) is 16.3. The van der Waals surface area contributed by atoms with Gasteiger partial charge in [0.15, 0.2) is 0 Å². The Morgan fingerprint density at radius 2 is 1.70 bits per heavy atom. The number of benzene rings is 3. The Bertz CT molecular complexity index is 2540. The molecule has 5 aromatic rings. The Balaban J connectivity index is 1.14. The number of imide groups is 2. The van der Waals surface area contributed by atoms with Gasteiger partial charge in [-0.25, -0.2) is 9.69 Å². The lowest BCUT2D eigenvalue weighted by Crippen LogP contribution is -2.48. The lowest BCUT2D eigenvalue weighted by Gasteiger charge is -2.49. The Morgan fingerprint density at radius 3 is 2.44 bits per heavy atom. The van der Waals surface area contributed by atoms with Crippen LogP contribution in [-0.2, 0) is 26.2 Å². The molecular weight excluding hydrogens is 728 g/mol. The largest absolute Gasteiger partial charge is 0.508 e. The van der Waals surface area contributed by atoms with Gasteiger partial charge in [0.25, 0.3) is 0 Å². The zero-order chi connectivity index (χ0) is 38.0. The van der Waals surface area contributed by atoms with Crippen LogP contribution in [0.25, 0.3) is 20.7 Å². The smallest absolute Gasteiger partial charge is 0.335 e. The van der Waals surface area contributed by atoms with Crippen LogP contribution in [0.15, 0.2) is 84.4 Å². The van der Waals surface area contributed by atoms with E-state index in [9.17, 15) is 29.4 Å². The molecule has 4 heterocycles. The summed E-state index contributed by atoms with van der Waals surface area (Å²) in [5.74, 6) is -6.11. The molecule has 2 N–H and O–H groups in total. The predicted molar refractivity (Wildman–Crippen MR) is 202 cm³/mol. The first kappa shape index (κ1) is 34.2. The van der Waals surface area contributed by atoms with Gasteiger partial charge >= 0.3 is 5.97 Å². The Labute approximate surface area is 318 Å². The van der Waals surface area contributed by atoms with Crippen LogP contribution in [0.1, 0.15) is 47.2 Å². The number of anilines is 2. The molecule has 0 spiro atoms. The van der Waals surface area contributed by atoms with E-state index in [0.29, 0.717) is 22.1 Å². The second-order valence-electron chi connectivity index (χ2n) is 14.8. The fourth-order valence-electron chi connectivity index (χ4n) is 9.53. The summed E-state index contributed by atoms with van der Waals surface area (Å²) in [6, 6.07) is 19.8. The minimum atomic E-state index is -1.28. The van der Waals surface area contributed by atoms with Crippen LogP contribution in [0, 0.1) is 36.0 Å². The van der Waals surface area contributed by atoms with E-state index in [1.807, 2.05) is 31.2 Å². The summed E-state index contributed by atoms with van der Waals surface area (Å²) in [6.45, 7) is 3.80. The van der Waals surface area contributed by atoms with Crippen molar-refractivity contribution in [3.63, 3.8) is 0 Å². The normalized spacial score (nSPS) is 26.3. The molecular formula is C41H33ClN4O7S. The number of thiophene rings is 1. The number of aromatic hydroxyl groups is 1. The summed E-state index contributed by atoms with van der Waals surface area (Å²) >= 11 is 7.85. The van der Waals surface area contributed by atoms with Crippen molar-refractivity contribution in [2.24, 2.45) is 36.1 Å². The summed E-state index contributed by atoms with van der Waals surface area (Å²) in [5, 5.41) is 26.2. The van der Waals surface area contributed by atoms with E-state index < -0.39 is 64.6 Å². The summed E-state index contributed by atoms with van der Waals surface area (Å²) in [7, 11) is 1.70. The highest BCUT2D eigenvalue weighted by molar-refractivity contribution is 7.22. The molecule has 4 aliphatic rings. The third-order valence-corrected chi connectivity index (χ3v) is 13.6. The van der Waals surface area contributed by atoms with Crippen LogP contribution in [0.3, 0.4) is 0 Å². The number of nitrogens with zero attached hydrogens (tertiary/aromatic N) is 4. The van der Waals surface area contributed by atoms with E-state index in [1.54, 1.807) is 54.3 Å². The van der Waals surface area contributed by atoms with Gasteiger partial charge in [0.1, 0.15) is 17.3 Å². The fraction of sp³-hybridized carbons (Fsp3) is 0.268. The molecule has 1 saturated carbocycles. The number of hydrogen-bond donors (Lipinski definition) is 2. The molecule has 6 unspecified atom stereocenters. The van der Waals surface area contributed by atoms with Gasteiger partial charge in [-0.1, -0.05) is 41.4 Å². The average molecular weight is 761 g/mol. The maximum Gasteiger partial charge on any atom is 0.335 e. The molecule has 272 valence electrons. The van der Waals surface area contributed by atoms with Gasteiger partial charge in [-0.2, -0.15) is 5.10 Å². The topological polar surface area (TPSA) is 150 Å². The van der Waals surface area contributed by atoms with Gasteiger partial charge in [-0.05, 0) is 97.7 Å². The van der Waals surface area contributed by atoms with Crippen molar-refractivity contribution in [1.29, 1.82) is 0 Å². The Hall–Kier alpha value is -5.59. The van der Waals surface area contributed by atoms with Crippen LogP contribution in [0.2, 0.25) is 5.02 Å². The fourth-order valence-corrected chi connectivity index (χ4v) is 10.8. The average Bonchev–Trinajstić information content (AvgIpc) is 3.82. The highest BCUT2D eigenvalue weighted by atomic mass is 35.5. The second kappa shape index (κ2) is 12.0. The van der Waals surface area contributed by atoms with Gasteiger partial charge < -0.3 is 10.2 Å². The summed E-state index contributed by atoms with van der Waals surface area (Å²) in [5.41, 5.74) is 1.95. The van der Waals surface area contributed by atoms with Crippen molar-refractivity contribution in [2.75, 3.05) is 9.80 Å². The number of phenolic OH excluding ortho intramolecular Hbond substituents is 1. The molecule has 11 nitrogen and oxygen atoms in total. The maximum atomic E-state index is 15.0. The van der Waals surface area contributed by atoms with E-state index in [2.05, 4.69) is 0 Å². The van der Waals surface area contributed by atoms with Crippen molar-refractivity contribution in [2.45, 2.75) is 32.6 Å². The molecule has 2 saturated heterocycles. The number of carbonyl (C=O) groups is 5. The monoisotopic (exact) mass is 760 g/mol. The molecule has 0 radical (unpaired) electrons. The zero-order valence-corrected chi connectivity index (χ0v) is 30.9. The Kier molecular flexibility index (Phi) is 7.57. The first-order chi connectivity index (χ1) is 25.8. The quantitative estimate of drug-likeness (QED) is 0.142. The van der Waals surface area contributed by atoms with Crippen LogP contribution in [0.5, 0.6) is 5.75 Å². The van der Waals surface area contributed by atoms with Crippen molar-refractivity contribution in [1.82, 2.24) is 9.78 Å². The molecule has 2 aliphatic heterocycles. The third kappa shape index (κ3) is 4.72. The molecule has 3 fully saturated rings. The van der Waals surface area contributed by atoms with Crippen LogP contribution < -0.4 is 9.80 Å². The molecule has 4 amide bonds. The van der Waals surface area contributed by atoms with Gasteiger partial charge in [0.2, 0.25) is 23.6 Å². The number of aromatic nitrogens is 2. The minimum absolute atomic E-state index is 0.0398. The number of fused-ring (bicyclic) bond motifs is 5. The number of amides is 4. The lowest BCUT2D eigenvalue weighted by atomic mass is 9.51. The SMILES string of the molecule is Cc1c(-c2cc(N3C(=O)C4CC5C(=CCC6C(=O)N(c7cccc(C(=O)O)c7)C(=O)C65)C(c5ccc(O)cc5)C4(C)C3=O)n(C)n2)sc2ccc(Cl)cc12. The molecule has 2 aliphatic carbocycles. The number of halogens is 1. The van der Waals surface area contributed by atoms with E-state index >= 15 is 4.79 Å². The number of phenols is 1. The number of hydrogen-bond acceptors (Lipinski definition) is 8. The molecule has 3 aromatic carbocycles. The number of aromatic carboxylic acids is 1. The van der Waals surface area contributed by atoms with Gasteiger partial charge in [0, 0.05) is 28.8 Å². The number of carboxylic acids is 1. The number of allylic oxidation sites excluding steroid dienone is 2. The Morgan fingerprint density at radius 1 is 0.944 bits per heavy atom. The molecule has 0 bridgehead atoms. The zero-order valence-electron chi connectivity index (χ0n) is 29.3. The molecule has 2 aromatic heterocycles. The standard InChI is InChI=1S/C41H33ClN4O7S/c1-19-27-16-22(42)9-14-31(27)54-35(19)30-18-32(44(3)43-30)46-37(49)29-17-28-25(34(41(29,2)40(46)53)20-7-10-24(47)11-8-20)12-13-26-33(28)38(50)45(36(26)48)23-6-4-5-21(15-23)39(51)52/h4-12,14-16,18,26,28-29,33-34,47H,13,17H2,1-3H3,(H,51,52). The predicted octanol–water partition coefficient (Wildman–Crippen LogP) is 7.10. The first-order valence-electron chi connectivity index (χ1n) is 17.6. The minimum Gasteiger partial charge on any atom is -0.508 e. The first-order valence-corrected chi connectivity index (χ1v) is 18.8. The summed E-state index contributed by atoms with van der Waals surface area (Å²) in [6.07, 6.45) is 2.34. The van der Waals surface area contributed by atoms with Crippen LogP contribution in [0.4, 0.5) is 11.5 Å². The summed E-state index contributed by atoms with van der Waals surface area (Å²) < 4.78 is 2.58. The van der Waals surface area contributed by atoms with E-state index in [-0.39, 0.29) is 29.8 Å². The molecule has 54 heavy (non-hydrogen) atoms. The van der Waals surface area contributed by atoms with Crippen molar-refractivity contribution < 1.29 is 34.2 Å². The number of rotatable bonds is 5. The highest BCUT2D eigenvalue weighted by Crippen LogP contribution is 2.64. The summed E-state index contributed by atoms with van der Waals surface area (Å²) in [4.78, 5) is 73.1. The van der Waals surface area contributed by atoms with Gasteiger partial charge in [-0.15, -0.1) is 11.3 Å². The number of carboxylic acid groups (broad SMARTS) is 1.